The van der Waals surface area contributed by atoms with Crippen molar-refractivity contribution in [2.45, 2.75) is 13.0 Å². The second-order valence-electron chi connectivity index (χ2n) is 3.53. The maximum absolute atomic E-state index is 11.7. The molecule has 1 unspecified atom stereocenters. The number of hydrogen-bond acceptors (Lipinski definition) is 5. The van der Waals surface area contributed by atoms with Crippen LogP contribution >= 0.6 is 0 Å². The Kier molecular flexibility index (Phi) is 5.21. The largest absolute Gasteiger partial charge is 0.468 e. The molecule has 16 heavy (non-hydrogen) atoms. The fourth-order valence-electron chi connectivity index (χ4n) is 1.59. The Balaban J connectivity index is 2.56. The van der Waals surface area contributed by atoms with Crippen molar-refractivity contribution in [3.8, 4) is 0 Å². The van der Waals surface area contributed by atoms with Gasteiger partial charge in [0.15, 0.2) is 0 Å². The molecule has 0 aliphatic carbocycles. The van der Waals surface area contributed by atoms with Crippen LogP contribution in [0.4, 0.5) is 0 Å². The van der Waals surface area contributed by atoms with E-state index >= 15 is 0 Å². The van der Waals surface area contributed by atoms with Crippen LogP contribution in [-0.4, -0.2) is 62.8 Å². The lowest BCUT2D eigenvalue weighted by atomic mass is 10.2. The fourth-order valence-corrected chi connectivity index (χ4v) is 1.59. The van der Waals surface area contributed by atoms with Crippen molar-refractivity contribution >= 4 is 11.9 Å². The third kappa shape index (κ3) is 3.46. The standard InChI is InChI=1S/C10H18N2O4/c1-3-11-10(14)8-7-16-5-4-12(8)6-9(13)15-2/h8H,3-7H2,1-2H3,(H,11,14). The molecule has 0 bridgehead atoms. The first-order valence-corrected chi connectivity index (χ1v) is 5.35. The zero-order chi connectivity index (χ0) is 12.0. The molecule has 1 N–H and O–H groups in total. The van der Waals surface area contributed by atoms with Crippen LogP contribution in [-0.2, 0) is 19.1 Å². The van der Waals surface area contributed by atoms with E-state index in [4.69, 9.17) is 4.74 Å². The molecule has 1 aliphatic heterocycles. The molecule has 0 aromatic carbocycles. The molecule has 1 saturated heterocycles. The molecule has 1 fully saturated rings. The van der Waals surface area contributed by atoms with Gasteiger partial charge in [0.05, 0.1) is 26.9 Å². The topological polar surface area (TPSA) is 67.9 Å². The Hall–Kier alpha value is -1.14. The van der Waals surface area contributed by atoms with Crippen molar-refractivity contribution < 1.29 is 19.1 Å². The van der Waals surface area contributed by atoms with E-state index in [-0.39, 0.29) is 18.4 Å². The van der Waals surface area contributed by atoms with Gasteiger partial charge in [0.1, 0.15) is 6.04 Å². The molecule has 0 radical (unpaired) electrons. The van der Waals surface area contributed by atoms with E-state index in [0.717, 1.165) is 0 Å². The van der Waals surface area contributed by atoms with Gasteiger partial charge in [0.2, 0.25) is 5.91 Å². The zero-order valence-corrected chi connectivity index (χ0v) is 9.69. The molecule has 1 aliphatic rings. The monoisotopic (exact) mass is 230 g/mol. The van der Waals surface area contributed by atoms with Gasteiger partial charge < -0.3 is 14.8 Å². The molecule has 1 rings (SSSR count). The number of esters is 1. The highest BCUT2D eigenvalue weighted by Gasteiger charge is 2.30. The van der Waals surface area contributed by atoms with Gasteiger partial charge in [0.25, 0.3) is 0 Å². The van der Waals surface area contributed by atoms with Gasteiger partial charge in [0, 0.05) is 13.1 Å². The summed E-state index contributed by atoms with van der Waals surface area (Å²) in [6, 6.07) is -0.396. The molecule has 0 aromatic heterocycles. The normalized spacial score (nSPS) is 21.5. The molecule has 6 heteroatoms. The summed E-state index contributed by atoms with van der Waals surface area (Å²) in [5.74, 6) is -0.442. The first-order chi connectivity index (χ1) is 7.69. The number of carbonyl (C=O) groups is 2. The summed E-state index contributed by atoms with van der Waals surface area (Å²) in [7, 11) is 1.34. The predicted octanol–water partition coefficient (Wildman–Crippen LogP) is -1.00. The van der Waals surface area contributed by atoms with Crippen molar-refractivity contribution in [3.05, 3.63) is 0 Å². The maximum Gasteiger partial charge on any atom is 0.319 e. The van der Waals surface area contributed by atoms with Gasteiger partial charge in [-0.15, -0.1) is 0 Å². The van der Waals surface area contributed by atoms with E-state index < -0.39 is 6.04 Å². The summed E-state index contributed by atoms with van der Waals surface area (Å²) in [6.45, 7) is 3.97. The van der Waals surface area contributed by atoms with E-state index in [2.05, 4.69) is 10.1 Å². The van der Waals surface area contributed by atoms with Gasteiger partial charge in [-0.25, -0.2) is 0 Å². The Bertz CT molecular complexity index is 257. The van der Waals surface area contributed by atoms with Crippen LogP contribution in [0.5, 0.6) is 0 Å². The van der Waals surface area contributed by atoms with Crippen molar-refractivity contribution in [3.63, 3.8) is 0 Å². The first-order valence-electron chi connectivity index (χ1n) is 5.35. The summed E-state index contributed by atoms with van der Waals surface area (Å²) >= 11 is 0. The molecule has 1 atom stereocenters. The van der Waals surface area contributed by atoms with Crippen LogP contribution in [0.15, 0.2) is 0 Å². The SMILES string of the molecule is CCNC(=O)C1COCCN1CC(=O)OC. The lowest BCUT2D eigenvalue weighted by molar-refractivity contribution is -0.146. The molecule has 0 aromatic rings. The smallest absolute Gasteiger partial charge is 0.319 e. The number of likely N-dealkylation sites (N-methyl/N-ethyl adjacent to an activating group) is 1. The van der Waals surface area contributed by atoms with Crippen LogP contribution in [0.25, 0.3) is 0 Å². The van der Waals surface area contributed by atoms with Crippen LogP contribution in [0.3, 0.4) is 0 Å². The molecular formula is C10H18N2O4. The number of ether oxygens (including phenoxy) is 2. The van der Waals surface area contributed by atoms with Gasteiger partial charge in [-0.1, -0.05) is 0 Å². The molecule has 6 nitrogen and oxygen atoms in total. The third-order valence-electron chi connectivity index (χ3n) is 2.45. The zero-order valence-electron chi connectivity index (χ0n) is 9.69. The van der Waals surface area contributed by atoms with Crippen LogP contribution in [0, 0.1) is 0 Å². The lowest BCUT2D eigenvalue weighted by Crippen LogP contribution is -2.55. The Morgan fingerprint density at radius 3 is 2.94 bits per heavy atom. The second kappa shape index (κ2) is 6.44. The molecule has 0 spiro atoms. The minimum absolute atomic E-state index is 0.105. The number of amides is 1. The second-order valence-corrected chi connectivity index (χ2v) is 3.53. The highest BCUT2D eigenvalue weighted by molar-refractivity contribution is 5.82. The maximum atomic E-state index is 11.7. The number of hydrogen-bond donors (Lipinski definition) is 1. The van der Waals surface area contributed by atoms with Crippen LogP contribution in [0.1, 0.15) is 6.92 Å². The van der Waals surface area contributed by atoms with Crippen LogP contribution < -0.4 is 5.32 Å². The van der Waals surface area contributed by atoms with Crippen molar-refractivity contribution in [1.82, 2.24) is 10.2 Å². The van der Waals surface area contributed by atoms with Gasteiger partial charge >= 0.3 is 5.97 Å². The highest BCUT2D eigenvalue weighted by atomic mass is 16.5. The first kappa shape index (κ1) is 12.9. The Morgan fingerprint density at radius 2 is 2.31 bits per heavy atom. The van der Waals surface area contributed by atoms with E-state index in [1.807, 2.05) is 6.92 Å². The molecule has 0 saturated carbocycles. The summed E-state index contributed by atoms with van der Waals surface area (Å²) in [4.78, 5) is 24.6. The molecule has 1 amide bonds. The fraction of sp³-hybridized carbons (Fsp3) is 0.800. The van der Waals surface area contributed by atoms with Gasteiger partial charge in [-0.3, -0.25) is 14.5 Å². The number of rotatable bonds is 4. The quantitative estimate of drug-likeness (QED) is 0.627. The van der Waals surface area contributed by atoms with E-state index in [9.17, 15) is 9.59 Å². The van der Waals surface area contributed by atoms with E-state index in [1.165, 1.54) is 7.11 Å². The van der Waals surface area contributed by atoms with Crippen molar-refractivity contribution in [1.29, 1.82) is 0 Å². The number of nitrogens with zero attached hydrogens (tertiary/aromatic N) is 1. The average molecular weight is 230 g/mol. The molecule has 1 heterocycles. The van der Waals surface area contributed by atoms with Crippen molar-refractivity contribution in [2.75, 3.05) is 40.0 Å². The Morgan fingerprint density at radius 1 is 1.56 bits per heavy atom. The predicted molar refractivity (Wildman–Crippen MR) is 56.9 cm³/mol. The minimum atomic E-state index is -0.396. The third-order valence-corrected chi connectivity index (χ3v) is 2.45. The lowest BCUT2D eigenvalue weighted by Gasteiger charge is -2.33. The average Bonchev–Trinajstić information content (AvgIpc) is 2.30. The van der Waals surface area contributed by atoms with E-state index in [0.29, 0.717) is 26.3 Å². The summed E-state index contributed by atoms with van der Waals surface area (Å²) in [6.07, 6.45) is 0. The summed E-state index contributed by atoms with van der Waals surface area (Å²) < 4.78 is 9.83. The van der Waals surface area contributed by atoms with Gasteiger partial charge in [-0.05, 0) is 6.92 Å². The van der Waals surface area contributed by atoms with Crippen LogP contribution in [0.2, 0.25) is 0 Å². The Labute approximate surface area is 94.9 Å². The minimum Gasteiger partial charge on any atom is -0.468 e. The number of morpholine rings is 1. The molecule has 92 valence electrons. The number of methoxy groups -OCH3 is 1. The number of carbonyl (C=O) groups excluding carboxylic acids is 2. The summed E-state index contributed by atoms with van der Waals surface area (Å²) in [5.41, 5.74) is 0. The van der Waals surface area contributed by atoms with E-state index in [1.54, 1.807) is 4.90 Å². The highest BCUT2D eigenvalue weighted by Crippen LogP contribution is 2.07. The van der Waals surface area contributed by atoms with Gasteiger partial charge in [-0.2, -0.15) is 0 Å². The number of nitrogens with one attached hydrogen (secondary N) is 1. The summed E-state index contributed by atoms with van der Waals surface area (Å²) in [5, 5.41) is 2.72. The van der Waals surface area contributed by atoms with Crippen molar-refractivity contribution in [2.24, 2.45) is 0 Å². The molecular weight excluding hydrogens is 212 g/mol.